The van der Waals surface area contributed by atoms with Gasteiger partial charge in [-0.1, -0.05) is 12.1 Å². The van der Waals surface area contributed by atoms with Crippen molar-refractivity contribution >= 4 is 37.1 Å². The summed E-state index contributed by atoms with van der Waals surface area (Å²) in [7, 11) is 3.21. The summed E-state index contributed by atoms with van der Waals surface area (Å²) in [4.78, 5) is 24.8. The molecule has 7 heteroatoms. The molecule has 0 saturated heterocycles. The third-order valence-electron chi connectivity index (χ3n) is 2.45. The van der Waals surface area contributed by atoms with Crippen molar-refractivity contribution < 1.29 is 14.1 Å². The van der Waals surface area contributed by atoms with E-state index < -0.39 is 5.97 Å². The molecule has 5 nitrogen and oxygen atoms in total. The maximum atomic E-state index is 11.8. The van der Waals surface area contributed by atoms with Crippen LogP contribution in [0.5, 0.6) is 0 Å². The lowest BCUT2D eigenvalue weighted by Gasteiger charge is -2.20. The average Bonchev–Trinajstić information content (AvgIpc) is 2.36. The van der Waals surface area contributed by atoms with Gasteiger partial charge in [-0.15, -0.1) is 0 Å². The highest BCUT2D eigenvalue weighted by atomic mass is 32.4. The van der Waals surface area contributed by atoms with E-state index in [9.17, 15) is 9.59 Å². The Balaban J connectivity index is 3.27. The van der Waals surface area contributed by atoms with Crippen molar-refractivity contribution in [3.05, 3.63) is 29.3 Å². The molecule has 0 aliphatic rings. The molecule has 0 bridgehead atoms. The Hall–Kier alpha value is -1.52. The largest absolute Gasteiger partial charge is 0.392 e. The van der Waals surface area contributed by atoms with Gasteiger partial charge in [0.1, 0.15) is 0 Å². The summed E-state index contributed by atoms with van der Waals surface area (Å²) in [6.07, 6.45) is 0. The Bertz CT molecular complexity index is 493. The van der Waals surface area contributed by atoms with Crippen LogP contribution in [0.1, 0.15) is 15.9 Å². The Morgan fingerprint density at radius 1 is 1.44 bits per heavy atom. The Labute approximate surface area is 112 Å². The molecule has 0 heterocycles. The molecule has 0 radical (unpaired) electrons. The number of nitrogens with one attached hydrogen (secondary N) is 1. The first-order valence-corrected chi connectivity index (χ1v) is 6.94. The maximum absolute atomic E-state index is 11.8. The molecule has 18 heavy (non-hydrogen) atoms. The highest BCUT2D eigenvalue weighted by Crippen LogP contribution is 2.25. The van der Waals surface area contributed by atoms with Gasteiger partial charge in [0.05, 0.1) is 11.3 Å². The molecule has 0 spiro atoms. The summed E-state index contributed by atoms with van der Waals surface area (Å²) in [6, 6.07) is 4.91. The maximum Gasteiger partial charge on any atom is 0.349 e. The molecule has 0 saturated carbocycles. The number of hydrogen-bond donors (Lipinski definition) is 1. The predicted octanol–water partition coefficient (Wildman–Crippen LogP) is 2.25. The Morgan fingerprint density at radius 3 is 2.67 bits per heavy atom. The molecule has 0 aliphatic heterocycles. The molecular weight excluding hydrogens is 271 g/mol. The highest BCUT2D eigenvalue weighted by Gasteiger charge is 2.20. The van der Waals surface area contributed by atoms with Crippen LogP contribution in [0.4, 0.5) is 10.5 Å². The molecule has 1 rings (SSSR count). The zero-order valence-electron chi connectivity index (χ0n) is 10.3. The molecule has 0 aromatic heterocycles. The quantitative estimate of drug-likeness (QED) is 0.865. The summed E-state index contributed by atoms with van der Waals surface area (Å²) in [5.41, 5.74) is 1.56. The lowest BCUT2D eigenvalue weighted by Crippen LogP contribution is -2.35. The van der Waals surface area contributed by atoms with Crippen molar-refractivity contribution in [1.29, 1.82) is 0 Å². The fourth-order valence-electron chi connectivity index (χ4n) is 1.55. The first-order chi connectivity index (χ1) is 8.52. The Morgan fingerprint density at radius 2 is 2.11 bits per heavy atom. The standard InChI is InChI=1S/C11H13N2O3PS/c1-7-5-4-6-8(13(3)11(15)12-2)9(7)10(14)16-17-18/h4-6H,1-3H3,(H,12,15). The first kappa shape index (κ1) is 14.5. The van der Waals surface area contributed by atoms with Gasteiger partial charge in [-0.3, -0.25) is 4.90 Å². The van der Waals surface area contributed by atoms with Gasteiger partial charge < -0.3 is 9.84 Å². The van der Waals surface area contributed by atoms with Crippen molar-refractivity contribution in [3.63, 3.8) is 0 Å². The van der Waals surface area contributed by atoms with Crippen molar-refractivity contribution in [2.75, 3.05) is 19.0 Å². The van der Waals surface area contributed by atoms with Gasteiger partial charge in [-0.25, -0.2) is 9.59 Å². The van der Waals surface area contributed by atoms with Crippen LogP contribution in [0.25, 0.3) is 0 Å². The first-order valence-electron chi connectivity index (χ1n) is 5.12. The number of aryl methyl sites for hydroxylation is 1. The van der Waals surface area contributed by atoms with Gasteiger partial charge in [0.2, 0.25) is 7.58 Å². The number of amides is 2. The number of carbonyl (C=O) groups excluding carboxylic acids is 2. The molecule has 96 valence electrons. The van der Waals surface area contributed by atoms with Gasteiger partial charge in [0.15, 0.2) is 0 Å². The zero-order chi connectivity index (χ0) is 13.7. The molecule has 0 fully saturated rings. The van der Waals surface area contributed by atoms with E-state index in [0.29, 0.717) is 11.3 Å². The SMILES string of the molecule is CNC(=O)N(C)c1cccc(C)c1C(=O)OP=S. The second-order valence-corrected chi connectivity index (χ2v) is 4.32. The van der Waals surface area contributed by atoms with E-state index in [0.717, 1.165) is 5.56 Å². The lowest BCUT2D eigenvalue weighted by atomic mass is 10.1. The monoisotopic (exact) mass is 284 g/mol. The third kappa shape index (κ3) is 3.03. The van der Waals surface area contributed by atoms with Crippen LogP contribution >= 0.6 is 7.58 Å². The van der Waals surface area contributed by atoms with Crippen LogP contribution in [0.3, 0.4) is 0 Å². The van der Waals surface area contributed by atoms with Gasteiger partial charge >= 0.3 is 12.0 Å². The number of rotatable bonds is 3. The van der Waals surface area contributed by atoms with E-state index >= 15 is 0 Å². The molecule has 1 N–H and O–H groups in total. The minimum absolute atomic E-state index is 0.111. The van der Waals surface area contributed by atoms with Crippen molar-refractivity contribution in [2.24, 2.45) is 0 Å². The number of anilines is 1. The van der Waals surface area contributed by atoms with E-state index in [4.69, 9.17) is 4.52 Å². The van der Waals surface area contributed by atoms with Crippen LogP contribution in [-0.2, 0) is 16.3 Å². The Kier molecular flexibility index (Phi) is 5.19. The van der Waals surface area contributed by atoms with E-state index in [1.807, 2.05) is 0 Å². The fourth-order valence-corrected chi connectivity index (χ4v) is 1.92. The summed E-state index contributed by atoms with van der Waals surface area (Å²) >= 11 is 4.59. The van der Waals surface area contributed by atoms with Gasteiger partial charge in [0, 0.05) is 14.1 Å². The molecule has 1 aromatic carbocycles. The van der Waals surface area contributed by atoms with E-state index in [1.165, 1.54) is 11.9 Å². The highest BCUT2D eigenvalue weighted by molar-refractivity contribution is 7.94. The third-order valence-corrected chi connectivity index (χ3v) is 2.92. The molecular formula is C11H13N2O3PS. The molecule has 1 aromatic rings. The number of carbonyl (C=O) groups is 2. The number of benzene rings is 1. The normalized spacial score (nSPS) is 9.94. The second kappa shape index (κ2) is 6.42. The second-order valence-electron chi connectivity index (χ2n) is 3.54. The smallest absolute Gasteiger partial charge is 0.349 e. The van der Waals surface area contributed by atoms with E-state index in [-0.39, 0.29) is 13.6 Å². The van der Waals surface area contributed by atoms with Gasteiger partial charge in [-0.2, -0.15) is 0 Å². The number of urea groups is 1. The van der Waals surface area contributed by atoms with Gasteiger partial charge in [0.25, 0.3) is 0 Å². The zero-order valence-corrected chi connectivity index (χ0v) is 12.0. The van der Waals surface area contributed by atoms with Crippen LogP contribution in [0, 0.1) is 6.92 Å². The number of hydrogen-bond acceptors (Lipinski definition) is 4. The van der Waals surface area contributed by atoms with E-state index in [2.05, 4.69) is 17.1 Å². The van der Waals surface area contributed by atoms with Crippen molar-refractivity contribution in [1.82, 2.24) is 5.32 Å². The summed E-state index contributed by atoms with van der Waals surface area (Å²) in [6.45, 7) is 1.78. The van der Waals surface area contributed by atoms with Crippen LogP contribution < -0.4 is 10.2 Å². The number of nitrogens with zero attached hydrogens (tertiary/aromatic N) is 1. The topological polar surface area (TPSA) is 58.6 Å². The molecule has 0 atom stereocenters. The van der Waals surface area contributed by atoms with Crippen molar-refractivity contribution in [2.45, 2.75) is 6.92 Å². The van der Waals surface area contributed by atoms with Crippen molar-refractivity contribution in [3.8, 4) is 0 Å². The minimum Gasteiger partial charge on any atom is -0.392 e. The fraction of sp³-hybridized carbons (Fsp3) is 0.273. The molecule has 0 aliphatic carbocycles. The van der Waals surface area contributed by atoms with Crippen LogP contribution in [-0.4, -0.2) is 26.1 Å². The average molecular weight is 284 g/mol. The summed E-state index contributed by atoms with van der Waals surface area (Å²) in [5, 5.41) is 2.49. The lowest BCUT2D eigenvalue weighted by molar-refractivity contribution is 0.0765. The van der Waals surface area contributed by atoms with Crippen LogP contribution in [0.2, 0.25) is 0 Å². The predicted molar refractivity (Wildman–Crippen MR) is 73.7 cm³/mol. The molecule has 0 unspecified atom stereocenters. The van der Waals surface area contributed by atoms with Crippen LogP contribution in [0.15, 0.2) is 18.2 Å². The molecule has 2 amide bonds. The van der Waals surface area contributed by atoms with Gasteiger partial charge in [-0.05, 0) is 30.4 Å². The summed E-state index contributed by atoms with van der Waals surface area (Å²) in [5.74, 6) is -0.532. The summed E-state index contributed by atoms with van der Waals surface area (Å²) < 4.78 is 4.80. The van der Waals surface area contributed by atoms with E-state index in [1.54, 1.807) is 32.2 Å². The minimum atomic E-state index is -0.532.